The van der Waals surface area contributed by atoms with Gasteiger partial charge in [0.15, 0.2) is 0 Å². The van der Waals surface area contributed by atoms with E-state index in [1.54, 1.807) is 0 Å². The number of aryl methyl sites for hydroxylation is 1. The number of rotatable bonds is 1. The topological polar surface area (TPSA) is 4.93 Å². The number of nitrogens with zero attached hydrogens (tertiary/aromatic N) is 1. The van der Waals surface area contributed by atoms with E-state index in [-0.39, 0.29) is 0 Å². The van der Waals surface area contributed by atoms with Crippen LogP contribution >= 0.6 is 22.6 Å². The molecule has 1 nitrogen and oxygen atoms in total. The first-order chi connectivity index (χ1) is 7.81. The van der Waals surface area contributed by atoms with Crippen LogP contribution in [0.4, 0.5) is 0 Å². The summed E-state index contributed by atoms with van der Waals surface area (Å²) in [5, 5.41) is 2.72. The van der Waals surface area contributed by atoms with Gasteiger partial charge in [0.05, 0.1) is 0 Å². The minimum Gasteiger partial charge on any atom is -0.341 e. The average molecular weight is 321 g/mol. The molecule has 0 saturated heterocycles. The maximum absolute atomic E-state index is 2.38. The molecule has 1 heterocycles. The zero-order valence-electron chi connectivity index (χ0n) is 9.07. The number of hydrogen-bond donors (Lipinski definition) is 0. The Bertz CT molecular complexity index is 667. The van der Waals surface area contributed by atoms with Gasteiger partial charge >= 0.3 is 0 Å². The highest BCUT2D eigenvalue weighted by atomic mass is 127. The van der Waals surface area contributed by atoms with Gasteiger partial charge in [0.1, 0.15) is 0 Å². The molecule has 1 aromatic heterocycles. The first-order valence-electron chi connectivity index (χ1n) is 5.47. The lowest BCUT2D eigenvalue weighted by Gasteiger charge is -2.02. The SMILES string of the molecule is CCn1c2ccccc2c2cc(I)ccc21. The van der Waals surface area contributed by atoms with E-state index >= 15 is 0 Å². The summed E-state index contributed by atoms with van der Waals surface area (Å²) in [5.41, 5.74) is 2.67. The van der Waals surface area contributed by atoms with Crippen molar-refractivity contribution >= 4 is 44.4 Å². The minimum absolute atomic E-state index is 1.02. The van der Waals surface area contributed by atoms with Gasteiger partial charge in [-0.25, -0.2) is 0 Å². The molecule has 0 N–H and O–H groups in total. The number of hydrogen-bond acceptors (Lipinski definition) is 0. The smallest absolute Gasteiger partial charge is 0.0491 e. The molecule has 80 valence electrons. The van der Waals surface area contributed by atoms with Crippen molar-refractivity contribution in [2.45, 2.75) is 13.5 Å². The molecule has 0 spiro atoms. The van der Waals surface area contributed by atoms with Crippen LogP contribution in [0, 0.1) is 3.57 Å². The van der Waals surface area contributed by atoms with Gasteiger partial charge in [0.25, 0.3) is 0 Å². The van der Waals surface area contributed by atoms with Crippen molar-refractivity contribution in [1.29, 1.82) is 0 Å². The fourth-order valence-electron chi connectivity index (χ4n) is 2.37. The Kier molecular flexibility index (Phi) is 2.39. The molecule has 0 bridgehead atoms. The van der Waals surface area contributed by atoms with Gasteiger partial charge in [0, 0.05) is 31.9 Å². The average Bonchev–Trinajstić information content (AvgIpc) is 2.62. The van der Waals surface area contributed by atoms with Crippen LogP contribution in [0.5, 0.6) is 0 Å². The first kappa shape index (κ1) is 10.1. The monoisotopic (exact) mass is 321 g/mol. The second-order valence-corrected chi connectivity index (χ2v) is 5.17. The van der Waals surface area contributed by atoms with Gasteiger partial charge in [-0.05, 0) is 53.8 Å². The van der Waals surface area contributed by atoms with Crippen molar-refractivity contribution in [3.05, 3.63) is 46.0 Å². The summed E-state index contributed by atoms with van der Waals surface area (Å²) in [7, 11) is 0. The molecule has 0 radical (unpaired) electrons. The molecule has 3 aromatic rings. The second kappa shape index (κ2) is 3.77. The molecule has 2 heteroatoms. The van der Waals surface area contributed by atoms with Crippen LogP contribution in [-0.2, 0) is 6.54 Å². The van der Waals surface area contributed by atoms with Crippen molar-refractivity contribution in [2.24, 2.45) is 0 Å². The van der Waals surface area contributed by atoms with Gasteiger partial charge in [-0.2, -0.15) is 0 Å². The molecule has 16 heavy (non-hydrogen) atoms. The summed E-state index contributed by atoms with van der Waals surface area (Å²) in [6, 6.07) is 15.3. The number of fused-ring (bicyclic) bond motifs is 3. The molecule has 3 rings (SSSR count). The Labute approximate surface area is 108 Å². The van der Waals surface area contributed by atoms with Gasteiger partial charge in [-0.15, -0.1) is 0 Å². The molecule has 0 aliphatic carbocycles. The largest absolute Gasteiger partial charge is 0.341 e. The van der Waals surface area contributed by atoms with E-state index < -0.39 is 0 Å². The van der Waals surface area contributed by atoms with Gasteiger partial charge in [-0.1, -0.05) is 18.2 Å². The fraction of sp³-hybridized carbons (Fsp3) is 0.143. The standard InChI is InChI=1S/C14H12IN/c1-2-16-13-6-4-3-5-11(13)12-9-10(15)7-8-14(12)16/h3-9H,2H2,1H3. The van der Waals surface area contributed by atoms with Crippen molar-refractivity contribution in [3.8, 4) is 0 Å². The third-order valence-electron chi connectivity index (χ3n) is 3.05. The number of benzene rings is 2. The molecule has 0 saturated carbocycles. The van der Waals surface area contributed by atoms with Gasteiger partial charge in [0.2, 0.25) is 0 Å². The lowest BCUT2D eigenvalue weighted by atomic mass is 10.2. The van der Waals surface area contributed by atoms with E-state index in [1.165, 1.54) is 25.4 Å². The van der Waals surface area contributed by atoms with Crippen LogP contribution in [0.1, 0.15) is 6.92 Å². The minimum atomic E-state index is 1.02. The molecule has 2 aromatic carbocycles. The Morgan fingerprint density at radius 3 is 2.56 bits per heavy atom. The predicted molar refractivity (Wildman–Crippen MR) is 77.8 cm³/mol. The van der Waals surface area contributed by atoms with Crippen molar-refractivity contribution in [2.75, 3.05) is 0 Å². The highest BCUT2D eigenvalue weighted by Crippen LogP contribution is 2.29. The van der Waals surface area contributed by atoms with E-state index in [0.29, 0.717) is 0 Å². The molecule has 0 amide bonds. The molecule has 0 aliphatic rings. The Hall–Kier alpha value is -1.03. The summed E-state index contributed by atoms with van der Waals surface area (Å²) in [6.45, 7) is 3.22. The summed E-state index contributed by atoms with van der Waals surface area (Å²) in [5.74, 6) is 0. The highest BCUT2D eigenvalue weighted by molar-refractivity contribution is 14.1. The van der Waals surface area contributed by atoms with Gasteiger partial charge in [-0.3, -0.25) is 0 Å². The first-order valence-corrected chi connectivity index (χ1v) is 6.55. The van der Waals surface area contributed by atoms with E-state index in [0.717, 1.165) is 6.54 Å². The lowest BCUT2D eigenvalue weighted by molar-refractivity contribution is 0.827. The van der Waals surface area contributed by atoms with Crippen LogP contribution in [0.15, 0.2) is 42.5 Å². The van der Waals surface area contributed by atoms with E-state index in [9.17, 15) is 0 Å². The van der Waals surface area contributed by atoms with Crippen molar-refractivity contribution < 1.29 is 0 Å². The van der Waals surface area contributed by atoms with Crippen LogP contribution in [0.2, 0.25) is 0 Å². The highest BCUT2D eigenvalue weighted by Gasteiger charge is 2.08. The normalized spacial score (nSPS) is 11.4. The molecular weight excluding hydrogens is 309 g/mol. The molecule has 0 atom stereocenters. The van der Waals surface area contributed by atoms with Crippen LogP contribution < -0.4 is 0 Å². The van der Waals surface area contributed by atoms with Crippen molar-refractivity contribution in [1.82, 2.24) is 4.57 Å². The summed E-state index contributed by atoms with van der Waals surface area (Å²) >= 11 is 2.37. The fourth-order valence-corrected chi connectivity index (χ4v) is 2.86. The Morgan fingerprint density at radius 2 is 1.75 bits per heavy atom. The maximum atomic E-state index is 2.38. The quantitative estimate of drug-likeness (QED) is 0.585. The number of para-hydroxylation sites is 1. The Balaban J connectivity index is 2.59. The van der Waals surface area contributed by atoms with E-state index in [1.807, 2.05) is 0 Å². The van der Waals surface area contributed by atoms with Crippen LogP contribution in [0.3, 0.4) is 0 Å². The maximum Gasteiger partial charge on any atom is 0.0491 e. The zero-order valence-corrected chi connectivity index (χ0v) is 11.2. The summed E-state index contributed by atoms with van der Waals surface area (Å²) < 4.78 is 3.67. The third-order valence-corrected chi connectivity index (χ3v) is 3.72. The van der Waals surface area contributed by atoms with E-state index in [2.05, 4.69) is 76.5 Å². The number of aromatic nitrogens is 1. The zero-order chi connectivity index (χ0) is 11.1. The second-order valence-electron chi connectivity index (χ2n) is 3.92. The van der Waals surface area contributed by atoms with Crippen molar-refractivity contribution in [3.63, 3.8) is 0 Å². The van der Waals surface area contributed by atoms with E-state index in [4.69, 9.17) is 0 Å². The third kappa shape index (κ3) is 1.36. The predicted octanol–water partition coefficient (Wildman–Crippen LogP) is 4.42. The summed E-state index contributed by atoms with van der Waals surface area (Å²) in [4.78, 5) is 0. The molecule has 0 unspecified atom stereocenters. The van der Waals surface area contributed by atoms with Gasteiger partial charge < -0.3 is 4.57 Å². The Morgan fingerprint density at radius 1 is 1.00 bits per heavy atom. The molecular formula is C14H12IN. The van der Waals surface area contributed by atoms with Crippen LogP contribution in [-0.4, -0.2) is 4.57 Å². The van der Waals surface area contributed by atoms with Crippen LogP contribution in [0.25, 0.3) is 21.8 Å². The molecule has 0 aliphatic heterocycles. The summed E-state index contributed by atoms with van der Waals surface area (Å²) in [6.07, 6.45) is 0. The molecule has 0 fully saturated rings. The number of halogens is 1. The lowest BCUT2D eigenvalue weighted by Crippen LogP contribution is -1.92.